The summed E-state index contributed by atoms with van der Waals surface area (Å²) in [5.74, 6) is -0.0210. The topological polar surface area (TPSA) is 29.5 Å². The van der Waals surface area contributed by atoms with E-state index in [-0.39, 0.29) is 11.7 Å². The van der Waals surface area contributed by atoms with Crippen molar-refractivity contribution in [3.05, 3.63) is 29.8 Å². The molecule has 1 aliphatic carbocycles. The van der Waals surface area contributed by atoms with Crippen molar-refractivity contribution in [2.24, 2.45) is 5.92 Å². The fraction of sp³-hybridized carbons (Fsp3) is 0.600. The van der Waals surface area contributed by atoms with Gasteiger partial charge in [-0.05, 0) is 36.5 Å². The van der Waals surface area contributed by atoms with Gasteiger partial charge in [0.05, 0.1) is 5.60 Å². The Morgan fingerprint density at radius 1 is 1.25 bits per heavy atom. The van der Waals surface area contributed by atoms with E-state index in [9.17, 15) is 18.3 Å². The van der Waals surface area contributed by atoms with Crippen LogP contribution < -0.4 is 4.74 Å². The maximum absolute atomic E-state index is 12.1. The second kappa shape index (κ2) is 5.64. The molecule has 0 amide bonds. The highest BCUT2D eigenvalue weighted by molar-refractivity contribution is 5.28. The molecule has 0 aliphatic heterocycles. The number of halogens is 3. The monoisotopic (exact) mass is 288 g/mol. The maximum Gasteiger partial charge on any atom is 0.573 e. The van der Waals surface area contributed by atoms with Gasteiger partial charge in [-0.3, -0.25) is 0 Å². The van der Waals surface area contributed by atoms with Gasteiger partial charge in [-0.1, -0.05) is 31.9 Å². The summed E-state index contributed by atoms with van der Waals surface area (Å²) in [5, 5.41) is 10.6. The summed E-state index contributed by atoms with van der Waals surface area (Å²) in [5.41, 5.74) is 0.0840. The minimum atomic E-state index is -4.67. The Kier molecular flexibility index (Phi) is 4.28. The summed E-state index contributed by atoms with van der Waals surface area (Å²) < 4.78 is 40.0. The molecule has 0 radical (unpaired) electrons. The van der Waals surface area contributed by atoms with Crippen LogP contribution in [0, 0.1) is 5.92 Å². The molecule has 20 heavy (non-hydrogen) atoms. The van der Waals surface area contributed by atoms with E-state index >= 15 is 0 Å². The summed E-state index contributed by atoms with van der Waals surface area (Å²) in [4.78, 5) is 0. The lowest BCUT2D eigenvalue weighted by atomic mass is 9.73. The summed E-state index contributed by atoms with van der Waals surface area (Å²) in [7, 11) is 0. The Balaban J connectivity index is 2.03. The van der Waals surface area contributed by atoms with E-state index in [1.54, 1.807) is 12.1 Å². The van der Waals surface area contributed by atoms with E-state index in [0.29, 0.717) is 6.42 Å². The highest BCUT2D eigenvalue weighted by atomic mass is 19.4. The molecule has 1 aromatic carbocycles. The number of aliphatic hydroxyl groups is 1. The summed E-state index contributed by atoms with van der Waals surface area (Å²) in [6, 6.07) is 5.75. The van der Waals surface area contributed by atoms with E-state index in [2.05, 4.69) is 4.74 Å². The molecule has 0 saturated heterocycles. The van der Waals surface area contributed by atoms with Gasteiger partial charge in [0.15, 0.2) is 0 Å². The molecule has 112 valence electrons. The molecule has 2 nitrogen and oxygen atoms in total. The first-order valence-corrected chi connectivity index (χ1v) is 6.86. The lowest BCUT2D eigenvalue weighted by Crippen LogP contribution is -2.41. The van der Waals surface area contributed by atoms with Crippen LogP contribution in [-0.4, -0.2) is 17.1 Å². The van der Waals surface area contributed by atoms with Gasteiger partial charge in [0.25, 0.3) is 0 Å². The Hall–Kier alpha value is -1.23. The largest absolute Gasteiger partial charge is 0.573 e. The van der Waals surface area contributed by atoms with Crippen LogP contribution in [0.4, 0.5) is 13.2 Å². The zero-order chi connectivity index (χ0) is 14.8. The normalized spacial score (nSPS) is 27.4. The van der Waals surface area contributed by atoms with Gasteiger partial charge < -0.3 is 9.84 Å². The van der Waals surface area contributed by atoms with E-state index in [0.717, 1.165) is 31.2 Å². The molecular formula is C15H19F3O2. The predicted octanol–water partition coefficient (Wildman–Crippen LogP) is 4.07. The van der Waals surface area contributed by atoms with Crippen LogP contribution >= 0.6 is 0 Å². The Morgan fingerprint density at radius 3 is 2.45 bits per heavy atom. The van der Waals surface area contributed by atoms with Crippen molar-refractivity contribution in [2.75, 3.05) is 0 Å². The van der Waals surface area contributed by atoms with Gasteiger partial charge in [-0.25, -0.2) is 0 Å². The average molecular weight is 288 g/mol. The zero-order valence-electron chi connectivity index (χ0n) is 11.4. The molecule has 1 aliphatic rings. The lowest BCUT2D eigenvalue weighted by Gasteiger charge is -2.38. The molecule has 0 spiro atoms. The van der Waals surface area contributed by atoms with Crippen LogP contribution in [0.5, 0.6) is 5.75 Å². The van der Waals surface area contributed by atoms with Crippen molar-refractivity contribution >= 4 is 0 Å². The van der Waals surface area contributed by atoms with E-state index in [1.165, 1.54) is 12.1 Å². The van der Waals surface area contributed by atoms with Crippen LogP contribution in [0.15, 0.2) is 24.3 Å². The summed E-state index contributed by atoms with van der Waals surface area (Å²) in [6.07, 6.45) is -0.337. The van der Waals surface area contributed by atoms with Crippen LogP contribution in [0.25, 0.3) is 0 Å². The fourth-order valence-corrected chi connectivity index (χ4v) is 2.82. The average Bonchev–Trinajstić information content (AvgIpc) is 2.34. The number of benzene rings is 1. The van der Waals surface area contributed by atoms with Crippen molar-refractivity contribution in [3.63, 3.8) is 0 Å². The second-order valence-electron chi connectivity index (χ2n) is 5.62. The standard InChI is InChI=1S/C15H19F3O2/c1-11-4-2-3-9-14(11,19)10-12-5-7-13(8-6-12)20-15(16,17)18/h5-8,11,19H,2-4,9-10H2,1H3. The predicted molar refractivity (Wildman–Crippen MR) is 69.4 cm³/mol. The fourth-order valence-electron chi connectivity index (χ4n) is 2.82. The van der Waals surface area contributed by atoms with Crippen molar-refractivity contribution in [1.82, 2.24) is 0 Å². The van der Waals surface area contributed by atoms with Gasteiger partial charge in [0.2, 0.25) is 0 Å². The van der Waals surface area contributed by atoms with Gasteiger partial charge in [0.1, 0.15) is 5.75 Å². The van der Waals surface area contributed by atoms with Gasteiger partial charge in [0, 0.05) is 6.42 Å². The molecule has 0 bridgehead atoms. The molecule has 1 N–H and O–H groups in total. The van der Waals surface area contributed by atoms with Gasteiger partial charge in [-0.2, -0.15) is 0 Å². The maximum atomic E-state index is 12.1. The third kappa shape index (κ3) is 3.88. The Morgan fingerprint density at radius 2 is 1.90 bits per heavy atom. The van der Waals surface area contributed by atoms with Crippen LogP contribution in [0.3, 0.4) is 0 Å². The smallest absolute Gasteiger partial charge is 0.406 e. The highest BCUT2D eigenvalue weighted by Crippen LogP contribution is 2.36. The molecule has 5 heteroatoms. The van der Waals surface area contributed by atoms with E-state index in [4.69, 9.17) is 0 Å². The molecule has 0 aromatic heterocycles. The van der Waals surface area contributed by atoms with Gasteiger partial charge in [-0.15, -0.1) is 13.2 Å². The Bertz CT molecular complexity index is 441. The molecule has 1 saturated carbocycles. The lowest BCUT2D eigenvalue weighted by molar-refractivity contribution is -0.274. The zero-order valence-corrected chi connectivity index (χ0v) is 11.4. The number of alkyl halides is 3. The first-order valence-electron chi connectivity index (χ1n) is 6.86. The second-order valence-corrected chi connectivity index (χ2v) is 5.62. The van der Waals surface area contributed by atoms with Crippen molar-refractivity contribution in [1.29, 1.82) is 0 Å². The highest BCUT2D eigenvalue weighted by Gasteiger charge is 2.36. The van der Waals surface area contributed by atoms with Crippen molar-refractivity contribution in [2.45, 2.75) is 51.0 Å². The third-order valence-electron chi connectivity index (χ3n) is 4.08. The molecule has 2 unspecified atom stereocenters. The number of ether oxygens (including phenoxy) is 1. The summed E-state index contributed by atoms with van der Waals surface area (Å²) >= 11 is 0. The molecule has 1 fully saturated rings. The van der Waals surface area contributed by atoms with Crippen LogP contribution in [0.2, 0.25) is 0 Å². The molecule has 0 heterocycles. The van der Waals surface area contributed by atoms with E-state index < -0.39 is 12.0 Å². The van der Waals surface area contributed by atoms with E-state index in [1.807, 2.05) is 6.92 Å². The Labute approximate surface area is 116 Å². The first kappa shape index (κ1) is 15.2. The van der Waals surface area contributed by atoms with Gasteiger partial charge >= 0.3 is 6.36 Å². The molecule has 2 atom stereocenters. The SMILES string of the molecule is CC1CCCCC1(O)Cc1ccc(OC(F)(F)F)cc1. The number of hydrogen-bond acceptors (Lipinski definition) is 2. The third-order valence-corrected chi connectivity index (χ3v) is 4.08. The number of hydrogen-bond donors (Lipinski definition) is 1. The number of rotatable bonds is 3. The van der Waals surface area contributed by atoms with Crippen LogP contribution in [0.1, 0.15) is 38.2 Å². The molecule has 1 aromatic rings. The van der Waals surface area contributed by atoms with Crippen molar-refractivity contribution < 1.29 is 23.0 Å². The van der Waals surface area contributed by atoms with Crippen molar-refractivity contribution in [3.8, 4) is 5.75 Å². The first-order chi connectivity index (χ1) is 9.28. The molecule has 2 rings (SSSR count). The summed E-state index contributed by atoms with van der Waals surface area (Å²) in [6.45, 7) is 2.03. The quantitative estimate of drug-likeness (QED) is 0.908. The van der Waals surface area contributed by atoms with Crippen LogP contribution in [-0.2, 0) is 6.42 Å². The minimum Gasteiger partial charge on any atom is -0.406 e. The molecular weight excluding hydrogens is 269 g/mol. The minimum absolute atomic E-state index is 0.211.